The number of amides is 1. The van der Waals surface area contributed by atoms with Crippen molar-refractivity contribution >= 4 is 5.91 Å². The van der Waals surface area contributed by atoms with Crippen molar-refractivity contribution in [3.8, 4) is 0 Å². The van der Waals surface area contributed by atoms with Gasteiger partial charge < -0.3 is 5.32 Å². The molecular weight excluding hydrogens is 314 g/mol. The Balaban J connectivity index is 1.35. The number of aryl methyl sites for hydroxylation is 1. The van der Waals surface area contributed by atoms with E-state index in [0.29, 0.717) is 17.7 Å². The minimum Gasteiger partial charge on any atom is -0.351 e. The smallest absolute Gasteiger partial charge is 0.271 e. The SMILES string of the molecule is CCCn1nc(C(=O)NCCC23CC4CC(CC(C4)C2)C3)ccc1=O. The van der Waals surface area contributed by atoms with Crippen LogP contribution in [-0.2, 0) is 6.54 Å². The zero-order chi connectivity index (χ0) is 17.4. The predicted octanol–water partition coefficient (Wildman–Crippen LogP) is 2.99. The Morgan fingerprint density at radius 2 is 1.84 bits per heavy atom. The lowest BCUT2D eigenvalue weighted by atomic mass is 9.49. The summed E-state index contributed by atoms with van der Waals surface area (Å²) in [6.07, 6.45) is 10.4. The van der Waals surface area contributed by atoms with Crippen LogP contribution in [0, 0.1) is 23.2 Å². The molecule has 0 spiro atoms. The molecule has 0 unspecified atom stereocenters. The molecule has 25 heavy (non-hydrogen) atoms. The Bertz CT molecular complexity index is 674. The summed E-state index contributed by atoms with van der Waals surface area (Å²) in [5.74, 6) is 2.68. The monoisotopic (exact) mass is 343 g/mol. The zero-order valence-electron chi connectivity index (χ0n) is 15.2. The maximum absolute atomic E-state index is 12.4. The second-order valence-electron chi connectivity index (χ2n) is 8.70. The van der Waals surface area contributed by atoms with Crippen molar-refractivity contribution in [1.29, 1.82) is 0 Å². The van der Waals surface area contributed by atoms with Crippen LogP contribution in [0.15, 0.2) is 16.9 Å². The van der Waals surface area contributed by atoms with Gasteiger partial charge in [-0.15, -0.1) is 0 Å². The molecule has 0 radical (unpaired) electrons. The minimum absolute atomic E-state index is 0.146. The van der Waals surface area contributed by atoms with E-state index in [1.807, 2.05) is 6.92 Å². The Morgan fingerprint density at radius 1 is 1.20 bits per heavy atom. The highest BCUT2D eigenvalue weighted by molar-refractivity contribution is 5.91. The van der Waals surface area contributed by atoms with Gasteiger partial charge in [-0.05, 0) is 80.6 Å². The molecule has 5 rings (SSSR count). The average Bonchev–Trinajstić information content (AvgIpc) is 2.55. The maximum Gasteiger partial charge on any atom is 0.271 e. The van der Waals surface area contributed by atoms with Crippen LogP contribution in [-0.4, -0.2) is 22.2 Å². The van der Waals surface area contributed by atoms with E-state index in [-0.39, 0.29) is 11.5 Å². The average molecular weight is 343 g/mol. The highest BCUT2D eigenvalue weighted by Gasteiger charge is 2.50. The number of carbonyl (C=O) groups is 1. The van der Waals surface area contributed by atoms with Crippen LogP contribution in [0.2, 0.25) is 0 Å². The fourth-order valence-corrected chi connectivity index (χ4v) is 6.07. The maximum atomic E-state index is 12.4. The second-order valence-corrected chi connectivity index (χ2v) is 8.70. The number of hydrogen-bond donors (Lipinski definition) is 1. The van der Waals surface area contributed by atoms with E-state index in [4.69, 9.17) is 0 Å². The first-order chi connectivity index (χ1) is 12.1. The van der Waals surface area contributed by atoms with Gasteiger partial charge in [0.05, 0.1) is 0 Å². The van der Waals surface area contributed by atoms with Crippen molar-refractivity contribution in [1.82, 2.24) is 15.1 Å². The summed E-state index contributed by atoms with van der Waals surface area (Å²) < 4.78 is 1.38. The molecule has 1 N–H and O–H groups in total. The van der Waals surface area contributed by atoms with Gasteiger partial charge in [-0.1, -0.05) is 6.92 Å². The molecule has 1 heterocycles. The van der Waals surface area contributed by atoms with Gasteiger partial charge in [-0.2, -0.15) is 5.10 Å². The highest BCUT2D eigenvalue weighted by Crippen LogP contribution is 2.61. The molecule has 1 amide bonds. The number of carbonyl (C=O) groups excluding carboxylic acids is 1. The normalized spacial score (nSPS) is 32.8. The number of aromatic nitrogens is 2. The Hall–Kier alpha value is -1.65. The highest BCUT2D eigenvalue weighted by atomic mass is 16.2. The van der Waals surface area contributed by atoms with Gasteiger partial charge >= 0.3 is 0 Å². The first-order valence-electron chi connectivity index (χ1n) is 9.93. The van der Waals surface area contributed by atoms with Crippen molar-refractivity contribution < 1.29 is 4.79 Å². The summed E-state index contributed by atoms with van der Waals surface area (Å²) in [7, 11) is 0. The Labute approximate surface area is 149 Å². The molecule has 0 aromatic carbocycles. The molecular formula is C20H29N3O2. The number of hydrogen-bond acceptors (Lipinski definition) is 3. The molecule has 4 fully saturated rings. The van der Waals surface area contributed by atoms with Gasteiger partial charge in [-0.25, -0.2) is 4.68 Å². The Morgan fingerprint density at radius 3 is 2.44 bits per heavy atom. The quantitative estimate of drug-likeness (QED) is 0.863. The number of nitrogens with one attached hydrogen (secondary N) is 1. The van der Waals surface area contributed by atoms with Crippen LogP contribution >= 0.6 is 0 Å². The van der Waals surface area contributed by atoms with Crippen molar-refractivity contribution in [3.63, 3.8) is 0 Å². The van der Waals surface area contributed by atoms with E-state index < -0.39 is 0 Å². The molecule has 4 saturated carbocycles. The molecule has 1 aromatic rings. The molecule has 4 aliphatic carbocycles. The van der Waals surface area contributed by atoms with E-state index in [2.05, 4.69) is 10.4 Å². The van der Waals surface area contributed by atoms with Crippen LogP contribution < -0.4 is 10.9 Å². The van der Waals surface area contributed by atoms with Crippen LogP contribution in [0.4, 0.5) is 0 Å². The summed E-state index contributed by atoms with van der Waals surface area (Å²) in [5, 5.41) is 7.25. The third-order valence-corrected chi connectivity index (χ3v) is 6.64. The molecule has 5 heteroatoms. The molecule has 0 atom stereocenters. The molecule has 136 valence electrons. The second kappa shape index (κ2) is 6.58. The van der Waals surface area contributed by atoms with Gasteiger partial charge in [-0.3, -0.25) is 9.59 Å². The van der Waals surface area contributed by atoms with Crippen LogP contribution in [0.3, 0.4) is 0 Å². The van der Waals surface area contributed by atoms with Crippen molar-refractivity contribution in [3.05, 3.63) is 28.2 Å². The lowest BCUT2D eigenvalue weighted by Gasteiger charge is -2.57. The summed E-state index contributed by atoms with van der Waals surface area (Å²) >= 11 is 0. The standard InChI is InChI=1S/C20H29N3O2/c1-2-7-23-18(24)4-3-17(22-23)19(25)21-6-5-20-11-14-8-15(12-20)10-16(9-14)13-20/h3-4,14-16H,2,5-13H2,1H3,(H,21,25). The van der Waals surface area contributed by atoms with E-state index in [1.165, 1.54) is 55.3 Å². The van der Waals surface area contributed by atoms with Gasteiger partial charge in [0.1, 0.15) is 5.69 Å². The van der Waals surface area contributed by atoms with Gasteiger partial charge in [0.15, 0.2) is 0 Å². The first kappa shape index (κ1) is 16.8. The van der Waals surface area contributed by atoms with Crippen LogP contribution in [0.5, 0.6) is 0 Å². The molecule has 4 aliphatic rings. The van der Waals surface area contributed by atoms with Gasteiger partial charge in [0.25, 0.3) is 11.5 Å². The Kier molecular flexibility index (Phi) is 4.42. The summed E-state index contributed by atoms with van der Waals surface area (Å²) in [5.41, 5.74) is 0.682. The molecule has 1 aromatic heterocycles. The number of rotatable bonds is 6. The fraction of sp³-hybridized carbons (Fsp3) is 0.750. The van der Waals surface area contributed by atoms with Crippen molar-refractivity contribution in [2.45, 2.75) is 64.8 Å². The third kappa shape index (κ3) is 3.38. The first-order valence-corrected chi connectivity index (χ1v) is 9.93. The molecule has 5 nitrogen and oxygen atoms in total. The van der Waals surface area contributed by atoms with E-state index in [9.17, 15) is 9.59 Å². The summed E-state index contributed by atoms with van der Waals surface area (Å²) in [4.78, 5) is 24.1. The number of nitrogens with zero attached hydrogens (tertiary/aromatic N) is 2. The molecule has 0 aliphatic heterocycles. The van der Waals surface area contributed by atoms with E-state index in [0.717, 1.165) is 37.1 Å². The third-order valence-electron chi connectivity index (χ3n) is 6.64. The van der Waals surface area contributed by atoms with Gasteiger partial charge in [0, 0.05) is 19.2 Å². The van der Waals surface area contributed by atoms with Crippen LogP contribution in [0.1, 0.15) is 68.8 Å². The fourth-order valence-electron chi connectivity index (χ4n) is 6.07. The zero-order valence-corrected chi connectivity index (χ0v) is 15.2. The lowest BCUT2D eigenvalue weighted by molar-refractivity contribution is -0.0564. The predicted molar refractivity (Wildman–Crippen MR) is 96.3 cm³/mol. The minimum atomic E-state index is -0.158. The van der Waals surface area contributed by atoms with Crippen molar-refractivity contribution in [2.75, 3.05) is 6.54 Å². The lowest BCUT2D eigenvalue weighted by Crippen LogP contribution is -2.47. The van der Waals surface area contributed by atoms with E-state index in [1.54, 1.807) is 0 Å². The molecule has 4 bridgehead atoms. The topological polar surface area (TPSA) is 64.0 Å². The summed E-state index contributed by atoms with van der Waals surface area (Å²) in [6, 6.07) is 2.98. The summed E-state index contributed by atoms with van der Waals surface area (Å²) in [6.45, 7) is 3.26. The van der Waals surface area contributed by atoms with E-state index >= 15 is 0 Å². The van der Waals surface area contributed by atoms with Gasteiger partial charge in [0.2, 0.25) is 0 Å². The molecule has 0 saturated heterocycles. The van der Waals surface area contributed by atoms with Crippen LogP contribution in [0.25, 0.3) is 0 Å². The van der Waals surface area contributed by atoms with Crippen molar-refractivity contribution in [2.24, 2.45) is 23.2 Å². The largest absolute Gasteiger partial charge is 0.351 e.